The van der Waals surface area contributed by atoms with Crippen LogP contribution in [0.25, 0.3) is 0 Å². The minimum atomic E-state index is -0.701. The van der Waals surface area contributed by atoms with Crippen LogP contribution < -0.4 is 5.32 Å². The van der Waals surface area contributed by atoms with Crippen LogP contribution in [0.1, 0.15) is 55.3 Å². The van der Waals surface area contributed by atoms with E-state index in [0.29, 0.717) is 5.56 Å². The summed E-state index contributed by atoms with van der Waals surface area (Å²) in [5.41, 5.74) is -0.188. The molecule has 0 aromatic carbocycles. The molecule has 1 aliphatic carbocycles. The number of carbonyl (C=O) groups is 1. The number of rotatable bonds is 2. The molecule has 100 valence electrons. The van der Waals surface area contributed by atoms with E-state index in [4.69, 9.17) is 0 Å². The van der Waals surface area contributed by atoms with Gasteiger partial charge in [0.15, 0.2) is 0 Å². The van der Waals surface area contributed by atoms with E-state index in [0.717, 1.165) is 38.5 Å². The molecule has 0 spiro atoms. The molecule has 1 aromatic rings. The van der Waals surface area contributed by atoms with Crippen molar-refractivity contribution in [2.45, 2.75) is 50.5 Å². The molecule has 19 heavy (non-hydrogen) atoms. The summed E-state index contributed by atoms with van der Waals surface area (Å²) in [5, 5.41) is 12.4. The van der Waals surface area contributed by atoms with Crippen LogP contribution in [0.2, 0.25) is 0 Å². The highest BCUT2D eigenvalue weighted by Gasteiger charge is 2.32. The van der Waals surface area contributed by atoms with Crippen LogP contribution in [0.4, 0.5) is 0 Å². The summed E-state index contributed by atoms with van der Waals surface area (Å²) in [6.07, 6.45) is 10.2. The van der Waals surface area contributed by atoms with Gasteiger partial charge in [-0.3, -0.25) is 9.78 Å². The van der Waals surface area contributed by atoms with Crippen molar-refractivity contribution in [1.29, 1.82) is 5.26 Å². The molecule has 2 rings (SSSR count). The molecule has 1 aromatic heterocycles. The van der Waals surface area contributed by atoms with Crippen molar-refractivity contribution in [2.24, 2.45) is 0 Å². The molecule has 1 amide bonds. The number of carbonyl (C=O) groups excluding carboxylic acids is 1. The smallest absolute Gasteiger partial charge is 0.254 e. The number of aromatic nitrogens is 1. The summed E-state index contributed by atoms with van der Waals surface area (Å²) < 4.78 is 0. The molecule has 1 heterocycles. The van der Waals surface area contributed by atoms with Gasteiger partial charge >= 0.3 is 0 Å². The molecule has 0 radical (unpaired) electrons. The number of nitriles is 1. The topological polar surface area (TPSA) is 65.8 Å². The van der Waals surface area contributed by atoms with E-state index in [1.54, 1.807) is 18.3 Å². The van der Waals surface area contributed by atoms with E-state index in [9.17, 15) is 10.1 Å². The molecule has 4 nitrogen and oxygen atoms in total. The van der Waals surface area contributed by atoms with E-state index in [1.807, 2.05) is 0 Å². The van der Waals surface area contributed by atoms with Crippen LogP contribution in [0.3, 0.4) is 0 Å². The van der Waals surface area contributed by atoms with Crippen LogP contribution in [0.5, 0.6) is 0 Å². The zero-order valence-electron chi connectivity index (χ0n) is 11.1. The zero-order valence-corrected chi connectivity index (χ0v) is 11.1. The van der Waals surface area contributed by atoms with Gasteiger partial charge in [-0.15, -0.1) is 0 Å². The third-order valence-electron chi connectivity index (χ3n) is 3.70. The summed E-state index contributed by atoms with van der Waals surface area (Å²) in [6, 6.07) is 5.78. The highest BCUT2D eigenvalue weighted by molar-refractivity contribution is 5.94. The van der Waals surface area contributed by atoms with Crippen molar-refractivity contribution < 1.29 is 4.79 Å². The van der Waals surface area contributed by atoms with Gasteiger partial charge in [0.25, 0.3) is 5.91 Å². The summed E-state index contributed by atoms with van der Waals surface area (Å²) in [6.45, 7) is 0. The second-order valence-electron chi connectivity index (χ2n) is 5.16. The van der Waals surface area contributed by atoms with E-state index < -0.39 is 5.54 Å². The van der Waals surface area contributed by atoms with Crippen LogP contribution in [-0.2, 0) is 0 Å². The molecular formula is C15H19N3O. The first-order valence-corrected chi connectivity index (χ1v) is 6.90. The van der Waals surface area contributed by atoms with Gasteiger partial charge in [-0.2, -0.15) is 5.26 Å². The molecule has 1 fully saturated rings. The van der Waals surface area contributed by atoms with Crippen molar-refractivity contribution in [3.63, 3.8) is 0 Å². The van der Waals surface area contributed by atoms with Crippen molar-refractivity contribution >= 4 is 5.91 Å². The first-order valence-electron chi connectivity index (χ1n) is 6.90. The fourth-order valence-electron chi connectivity index (χ4n) is 2.56. The molecule has 0 atom stereocenters. The Morgan fingerprint density at radius 3 is 2.53 bits per heavy atom. The summed E-state index contributed by atoms with van der Waals surface area (Å²) in [4.78, 5) is 16.1. The van der Waals surface area contributed by atoms with Crippen molar-refractivity contribution in [3.8, 4) is 6.07 Å². The van der Waals surface area contributed by atoms with E-state index in [1.165, 1.54) is 12.6 Å². The fourth-order valence-corrected chi connectivity index (χ4v) is 2.56. The lowest BCUT2D eigenvalue weighted by atomic mass is 9.85. The molecule has 0 unspecified atom stereocenters. The number of hydrogen-bond donors (Lipinski definition) is 1. The van der Waals surface area contributed by atoms with Gasteiger partial charge in [-0.1, -0.05) is 32.1 Å². The summed E-state index contributed by atoms with van der Waals surface area (Å²) >= 11 is 0. The minimum absolute atomic E-state index is 0.199. The Kier molecular flexibility index (Phi) is 4.51. The number of nitrogens with one attached hydrogen (secondary N) is 1. The van der Waals surface area contributed by atoms with E-state index in [2.05, 4.69) is 16.4 Å². The average molecular weight is 257 g/mol. The van der Waals surface area contributed by atoms with Crippen LogP contribution in [-0.4, -0.2) is 16.4 Å². The maximum atomic E-state index is 12.2. The quantitative estimate of drug-likeness (QED) is 0.886. The molecule has 0 aliphatic heterocycles. The van der Waals surface area contributed by atoms with Gasteiger partial charge in [0.1, 0.15) is 5.54 Å². The Labute approximate surface area is 113 Å². The first-order chi connectivity index (χ1) is 9.26. The lowest BCUT2D eigenvalue weighted by Gasteiger charge is -2.29. The molecule has 0 saturated heterocycles. The Balaban J connectivity index is 2.09. The van der Waals surface area contributed by atoms with Gasteiger partial charge in [0.05, 0.1) is 11.6 Å². The summed E-state index contributed by atoms with van der Waals surface area (Å²) in [5.74, 6) is -0.199. The summed E-state index contributed by atoms with van der Waals surface area (Å²) in [7, 11) is 0. The Hall–Kier alpha value is -1.89. The van der Waals surface area contributed by atoms with Gasteiger partial charge in [-0.25, -0.2) is 0 Å². The SMILES string of the molecule is N#CC1(NC(=O)c2cccnc2)CCCCCCC1. The van der Waals surface area contributed by atoms with Gasteiger partial charge in [0, 0.05) is 12.4 Å². The third kappa shape index (κ3) is 3.54. The normalized spacial score (nSPS) is 18.7. The molecule has 4 heteroatoms. The van der Waals surface area contributed by atoms with Crippen molar-refractivity contribution in [3.05, 3.63) is 30.1 Å². The van der Waals surface area contributed by atoms with Crippen LogP contribution in [0.15, 0.2) is 24.5 Å². The average Bonchev–Trinajstić information content (AvgIpc) is 2.43. The highest BCUT2D eigenvalue weighted by Crippen LogP contribution is 2.26. The monoisotopic (exact) mass is 257 g/mol. The Bertz CT molecular complexity index is 456. The highest BCUT2D eigenvalue weighted by atomic mass is 16.1. The second-order valence-corrected chi connectivity index (χ2v) is 5.16. The molecular weight excluding hydrogens is 238 g/mol. The number of amides is 1. The third-order valence-corrected chi connectivity index (χ3v) is 3.70. The Morgan fingerprint density at radius 1 is 1.26 bits per heavy atom. The lowest BCUT2D eigenvalue weighted by molar-refractivity contribution is 0.0907. The van der Waals surface area contributed by atoms with Gasteiger partial charge < -0.3 is 5.32 Å². The maximum absolute atomic E-state index is 12.2. The van der Waals surface area contributed by atoms with Gasteiger partial charge in [-0.05, 0) is 25.0 Å². The first kappa shape index (κ1) is 13.5. The number of pyridine rings is 1. The van der Waals surface area contributed by atoms with Crippen molar-refractivity contribution in [1.82, 2.24) is 10.3 Å². The predicted octanol–water partition coefficient (Wildman–Crippen LogP) is 2.82. The van der Waals surface area contributed by atoms with E-state index >= 15 is 0 Å². The lowest BCUT2D eigenvalue weighted by Crippen LogP contribution is -2.47. The molecule has 1 aliphatic rings. The van der Waals surface area contributed by atoms with Crippen LogP contribution in [0, 0.1) is 11.3 Å². The fraction of sp³-hybridized carbons (Fsp3) is 0.533. The zero-order chi connectivity index (χ0) is 13.6. The number of nitrogens with zero attached hydrogens (tertiary/aromatic N) is 2. The Morgan fingerprint density at radius 2 is 1.95 bits per heavy atom. The second kappa shape index (κ2) is 6.33. The van der Waals surface area contributed by atoms with Crippen LogP contribution >= 0.6 is 0 Å². The van der Waals surface area contributed by atoms with Gasteiger partial charge in [0.2, 0.25) is 0 Å². The van der Waals surface area contributed by atoms with Crippen molar-refractivity contribution in [2.75, 3.05) is 0 Å². The molecule has 1 N–H and O–H groups in total. The standard InChI is InChI=1S/C15H19N3O/c16-12-15(8-4-2-1-3-5-9-15)18-14(19)13-7-6-10-17-11-13/h6-7,10-11H,1-5,8-9H2,(H,18,19). The molecule has 0 bridgehead atoms. The largest absolute Gasteiger partial charge is 0.334 e. The minimum Gasteiger partial charge on any atom is -0.334 e. The molecule has 1 saturated carbocycles. The maximum Gasteiger partial charge on any atom is 0.254 e. The predicted molar refractivity (Wildman–Crippen MR) is 72.4 cm³/mol. The van der Waals surface area contributed by atoms with E-state index in [-0.39, 0.29) is 5.91 Å². The number of hydrogen-bond acceptors (Lipinski definition) is 3.